The topological polar surface area (TPSA) is 94.8 Å². The number of carbonyl (C=O) groups excluding carboxylic acids is 1. The molecule has 1 aliphatic rings. The van der Waals surface area contributed by atoms with Gasteiger partial charge < -0.3 is 10.1 Å². The Hall–Kier alpha value is -4.07. The van der Waals surface area contributed by atoms with Gasteiger partial charge in [0.1, 0.15) is 23.5 Å². The minimum Gasteiger partial charge on any atom is -0.496 e. The third-order valence-corrected chi connectivity index (χ3v) is 5.46. The number of benzene rings is 1. The molecule has 4 heterocycles. The van der Waals surface area contributed by atoms with Crippen molar-refractivity contribution >= 4 is 28.7 Å². The van der Waals surface area contributed by atoms with E-state index in [0.29, 0.717) is 39.5 Å². The van der Waals surface area contributed by atoms with E-state index in [1.165, 1.54) is 6.33 Å². The summed E-state index contributed by atoms with van der Waals surface area (Å²) in [6, 6.07) is 5.69. The highest BCUT2D eigenvalue weighted by molar-refractivity contribution is 6.14. The average Bonchev–Trinajstić information content (AvgIpc) is 3.06. The predicted molar refractivity (Wildman–Crippen MR) is 117 cm³/mol. The highest BCUT2D eigenvalue weighted by atomic mass is 16.5. The Morgan fingerprint density at radius 1 is 1.10 bits per heavy atom. The quantitative estimate of drug-likeness (QED) is 0.554. The predicted octanol–water partition coefficient (Wildman–Crippen LogP) is 3.39. The number of aromatic nitrogens is 5. The van der Waals surface area contributed by atoms with Gasteiger partial charge in [0.15, 0.2) is 0 Å². The molecule has 3 aromatic heterocycles. The van der Waals surface area contributed by atoms with Crippen LogP contribution in [-0.2, 0) is 0 Å². The summed E-state index contributed by atoms with van der Waals surface area (Å²) in [4.78, 5) is 30.8. The summed E-state index contributed by atoms with van der Waals surface area (Å²) < 4.78 is 7.48. The Morgan fingerprint density at radius 2 is 1.94 bits per heavy atom. The Morgan fingerprint density at radius 3 is 2.68 bits per heavy atom. The third-order valence-electron chi connectivity index (χ3n) is 5.46. The number of rotatable bonds is 3. The molecular weight excluding hydrogens is 392 g/mol. The van der Waals surface area contributed by atoms with Crippen molar-refractivity contribution in [2.24, 2.45) is 0 Å². The molecule has 1 aliphatic heterocycles. The van der Waals surface area contributed by atoms with Gasteiger partial charge in [0.25, 0.3) is 5.91 Å². The van der Waals surface area contributed by atoms with Gasteiger partial charge >= 0.3 is 0 Å². The molecule has 1 aromatic carbocycles. The van der Waals surface area contributed by atoms with Gasteiger partial charge in [-0.25, -0.2) is 19.9 Å². The van der Waals surface area contributed by atoms with E-state index in [0.717, 1.165) is 22.6 Å². The molecule has 5 rings (SSSR count). The molecule has 31 heavy (non-hydrogen) atoms. The normalized spacial score (nSPS) is 13.0. The summed E-state index contributed by atoms with van der Waals surface area (Å²) in [7, 11) is 1.65. The highest BCUT2D eigenvalue weighted by Crippen LogP contribution is 2.34. The van der Waals surface area contributed by atoms with Crippen LogP contribution in [0.2, 0.25) is 0 Å². The summed E-state index contributed by atoms with van der Waals surface area (Å²) in [6.45, 7) is 5.87. The van der Waals surface area contributed by atoms with Crippen molar-refractivity contribution in [1.29, 1.82) is 0 Å². The first-order valence-electron chi connectivity index (χ1n) is 9.81. The lowest BCUT2D eigenvalue weighted by Crippen LogP contribution is -2.21. The number of amides is 1. The summed E-state index contributed by atoms with van der Waals surface area (Å²) in [6.07, 6.45) is 6.74. The lowest BCUT2D eigenvalue weighted by Gasteiger charge is -2.15. The first-order chi connectivity index (χ1) is 15.0. The molecule has 8 heteroatoms. The molecule has 1 N–H and O–H groups in total. The number of nitrogens with zero attached hydrogens (tertiary/aromatic N) is 5. The van der Waals surface area contributed by atoms with Crippen molar-refractivity contribution in [2.45, 2.75) is 20.8 Å². The van der Waals surface area contributed by atoms with E-state index in [9.17, 15) is 4.79 Å². The van der Waals surface area contributed by atoms with Crippen molar-refractivity contribution in [3.8, 4) is 11.4 Å². The minimum absolute atomic E-state index is 0.238. The van der Waals surface area contributed by atoms with Crippen molar-refractivity contribution in [2.75, 3.05) is 7.11 Å². The van der Waals surface area contributed by atoms with Gasteiger partial charge in [0.05, 0.1) is 40.8 Å². The zero-order valence-corrected chi connectivity index (χ0v) is 17.6. The Labute approximate surface area is 178 Å². The molecule has 0 unspecified atom stereocenters. The van der Waals surface area contributed by atoms with E-state index < -0.39 is 0 Å². The molecular formula is C23H20N6O2. The van der Waals surface area contributed by atoms with E-state index in [-0.39, 0.29) is 5.91 Å². The summed E-state index contributed by atoms with van der Waals surface area (Å²) >= 11 is 0. The molecule has 4 aromatic rings. The second-order valence-electron chi connectivity index (χ2n) is 7.43. The maximum absolute atomic E-state index is 13.2. The van der Waals surface area contributed by atoms with Gasteiger partial charge in [-0.1, -0.05) is 6.07 Å². The van der Waals surface area contributed by atoms with Crippen LogP contribution in [-0.4, -0.2) is 37.5 Å². The van der Waals surface area contributed by atoms with E-state index >= 15 is 0 Å². The smallest absolute Gasteiger partial charge is 0.258 e. The largest absolute Gasteiger partial charge is 0.496 e. The molecule has 0 fully saturated rings. The van der Waals surface area contributed by atoms with Crippen LogP contribution < -0.4 is 10.1 Å². The SMILES string of the molecule is COc1ccc(C)c(-n2cc3c4c(nc(C)nc42)C=C(c2ccncn2)NC3=O)c1C. The number of hydrogen-bond donors (Lipinski definition) is 1. The lowest BCUT2D eigenvalue weighted by molar-refractivity contribution is 0.0975. The zero-order valence-electron chi connectivity index (χ0n) is 17.6. The van der Waals surface area contributed by atoms with Crippen LogP contribution in [0.4, 0.5) is 0 Å². The number of aryl methyl sites for hydroxylation is 2. The fourth-order valence-electron chi connectivity index (χ4n) is 4.07. The number of carbonyl (C=O) groups is 1. The van der Waals surface area contributed by atoms with E-state index in [1.54, 1.807) is 19.4 Å². The number of ether oxygens (including phenoxy) is 1. The van der Waals surface area contributed by atoms with Crippen LogP contribution >= 0.6 is 0 Å². The van der Waals surface area contributed by atoms with Gasteiger partial charge in [0.2, 0.25) is 0 Å². The van der Waals surface area contributed by atoms with Crippen molar-refractivity contribution < 1.29 is 9.53 Å². The van der Waals surface area contributed by atoms with Crippen molar-refractivity contribution in [3.05, 3.63) is 70.8 Å². The van der Waals surface area contributed by atoms with Gasteiger partial charge in [-0.3, -0.25) is 9.36 Å². The second kappa shape index (κ2) is 7.02. The Kier molecular flexibility index (Phi) is 4.28. The first kappa shape index (κ1) is 18.9. The van der Waals surface area contributed by atoms with Crippen LogP contribution in [0, 0.1) is 20.8 Å². The fourth-order valence-corrected chi connectivity index (χ4v) is 4.07. The van der Waals surface area contributed by atoms with Gasteiger partial charge in [-0.2, -0.15) is 0 Å². The molecule has 8 nitrogen and oxygen atoms in total. The number of hydrogen-bond acceptors (Lipinski definition) is 6. The van der Waals surface area contributed by atoms with Crippen molar-refractivity contribution in [3.63, 3.8) is 0 Å². The highest BCUT2D eigenvalue weighted by Gasteiger charge is 2.26. The Bertz CT molecular complexity index is 1390. The Balaban J connectivity index is 1.82. The summed E-state index contributed by atoms with van der Waals surface area (Å²) in [5.74, 6) is 1.15. The van der Waals surface area contributed by atoms with Crippen LogP contribution in [0.3, 0.4) is 0 Å². The summed E-state index contributed by atoms with van der Waals surface area (Å²) in [5, 5.41) is 3.67. The van der Waals surface area contributed by atoms with E-state index in [1.807, 2.05) is 49.7 Å². The zero-order chi connectivity index (χ0) is 21.7. The molecule has 0 aliphatic carbocycles. The molecule has 0 saturated carbocycles. The standard InChI is InChI=1S/C23H20N6O2/c1-12-5-6-19(31-4)13(2)21(12)29-10-15-20-18(26-14(3)27-22(20)29)9-17(28-23(15)30)16-7-8-24-11-25-16/h5-11H,1-4H3,(H,28,30). The average molecular weight is 412 g/mol. The third kappa shape index (κ3) is 2.95. The lowest BCUT2D eigenvalue weighted by atomic mass is 10.1. The number of nitrogens with one attached hydrogen (secondary N) is 1. The summed E-state index contributed by atoms with van der Waals surface area (Å²) in [5.41, 5.74) is 6.00. The molecule has 0 bridgehead atoms. The minimum atomic E-state index is -0.238. The van der Waals surface area contributed by atoms with Crippen LogP contribution in [0.25, 0.3) is 28.5 Å². The first-order valence-corrected chi connectivity index (χ1v) is 9.81. The van der Waals surface area contributed by atoms with Gasteiger partial charge in [0, 0.05) is 18.0 Å². The van der Waals surface area contributed by atoms with E-state index in [2.05, 4.69) is 20.3 Å². The molecule has 0 atom stereocenters. The molecule has 0 radical (unpaired) electrons. The monoisotopic (exact) mass is 412 g/mol. The molecule has 154 valence electrons. The molecule has 0 saturated heterocycles. The fraction of sp³-hybridized carbons (Fsp3) is 0.174. The van der Waals surface area contributed by atoms with Gasteiger partial charge in [-0.05, 0) is 44.5 Å². The van der Waals surface area contributed by atoms with Crippen LogP contribution in [0.1, 0.15) is 38.7 Å². The second-order valence-corrected chi connectivity index (χ2v) is 7.43. The van der Waals surface area contributed by atoms with Crippen LogP contribution in [0.5, 0.6) is 5.75 Å². The molecule has 1 amide bonds. The maximum Gasteiger partial charge on any atom is 0.258 e. The van der Waals surface area contributed by atoms with Crippen LogP contribution in [0.15, 0.2) is 36.9 Å². The molecule has 0 spiro atoms. The maximum atomic E-state index is 13.2. The van der Waals surface area contributed by atoms with Crippen molar-refractivity contribution in [1.82, 2.24) is 29.8 Å². The van der Waals surface area contributed by atoms with E-state index in [4.69, 9.17) is 9.72 Å². The number of methoxy groups -OCH3 is 1. The van der Waals surface area contributed by atoms with Gasteiger partial charge in [-0.15, -0.1) is 0 Å².